The number of hydrogen-bond donors (Lipinski definition) is 0. The van der Waals surface area contributed by atoms with Gasteiger partial charge < -0.3 is 0 Å². The van der Waals surface area contributed by atoms with E-state index in [2.05, 4.69) is 52.0 Å². The van der Waals surface area contributed by atoms with Crippen LogP contribution in [0, 0.1) is 13.8 Å². The van der Waals surface area contributed by atoms with E-state index < -0.39 is 0 Å². The number of hydrogen-bond acceptors (Lipinski definition) is 0. The van der Waals surface area contributed by atoms with E-state index in [1.54, 1.807) is 0 Å². The minimum absolute atomic E-state index is 0.544. The molecule has 0 heterocycles. The zero-order valence-electron chi connectivity index (χ0n) is 10.7. The Morgan fingerprint density at radius 1 is 1.25 bits per heavy atom. The highest BCUT2D eigenvalue weighted by atomic mass is 35.5. The van der Waals surface area contributed by atoms with Crippen molar-refractivity contribution in [3.05, 3.63) is 46.0 Å². The topological polar surface area (TPSA) is 0 Å². The van der Waals surface area contributed by atoms with Gasteiger partial charge in [0.2, 0.25) is 0 Å². The minimum atomic E-state index is 0.544. The Balaban J connectivity index is 3.04. The van der Waals surface area contributed by atoms with Crippen LogP contribution >= 0.6 is 11.6 Å². The lowest BCUT2D eigenvalue weighted by atomic mass is 9.91. The SMILES string of the molecule is C/C=C\CC(CC)c1cc(C)c(C)cc1Cl. The average Bonchev–Trinajstić information content (AvgIpc) is 2.26. The summed E-state index contributed by atoms with van der Waals surface area (Å²) in [7, 11) is 0. The zero-order valence-corrected chi connectivity index (χ0v) is 11.4. The maximum Gasteiger partial charge on any atom is 0.0443 e. The van der Waals surface area contributed by atoms with E-state index in [9.17, 15) is 0 Å². The molecule has 0 bridgehead atoms. The smallest absolute Gasteiger partial charge is 0.0443 e. The van der Waals surface area contributed by atoms with Gasteiger partial charge in [-0.1, -0.05) is 36.7 Å². The summed E-state index contributed by atoms with van der Waals surface area (Å²) in [6, 6.07) is 4.33. The van der Waals surface area contributed by atoms with Crippen molar-refractivity contribution in [2.24, 2.45) is 0 Å². The van der Waals surface area contributed by atoms with Crippen molar-refractivity contribution in [3.8, 4) is 0 Å². The van der Waals surface area contributed by atoms with Crippen molar-refractivity contribution in [1.82, 2.24) is 0 Å². The third-order valence-electron chi connectivity index (χ3n) is 3.20. The van der Waals surface area contributed by atoms with Crippen LogP contribution in [0.1, 0.15) is 49.3 Å². The monoisotopic (exact) mass is 236 g/mol. The van der Waals surface area contributed by atoms with Crippen molar-refractivity contribution >= 4 is 11.6 Å². The minimum Gasteiger partial charge on any atom is -0.0916 e. The predicted octanol–water partition coefficient (Wildman–Crippen LogP) is 5.42. The first-order valence-electron chi connectivity index (χ1n) is 5.97. The van der Waals surface area contributed by atoms with Crippen LogP contribution in [0.2, 0.25) is 5.02 Å². The van der Waals surface area contributed by atoms with Gasteiger partial charge in [-0.2, -0.15) is 0 Å². The molecule has 16 heavy (non-hydrogen) atoms. The van der Waals surface area contributed by atoms with Crippen LogP contribution in [0.4, 0.5) is 0 Å². The summed E-state index contributed by atoms with van der Waals surface area (Å²) in [5.41, 5.74) is 3.90. The lowest BCUT2D eigenvalue weighted by Crippen LogP contribution is -1.99. The Morgan fingerprint density at radius 3 is 2.44 bits per heavy atom. The fourth-order valence-corrected chi connectivity index (χ4v) is 2.30. The quantitative estimate of drug-likeness (QED) is 0.613. The van der Waals surface area contributed by atoms with Gasteiger partial charge in [0, 0.05) is 5.02 Å². The molecule has 1 atom stereocenters. The second-order valence-electron chi connectivity index (χ2n) is 4.37. The Morgan fingerprint density at radius 2 is 1.88 bits per heavy atom. The maximum absolute atomic E-state index is 6.33. The molecular formula is C15H21Cl. The average molecular weight is 237 g/mol. The zero-order chi connectivity index (χ0) is 12.1. The number of allylic oxidation sites excluding steroid dienone is 2. The molecule has 0 aromatic heterocycles. The van der Waals surface area contributed by atoms with Gasteiger partial charge in [-0.15, -0.1) is 0 Å². The third kappa shape index (κ3) is 3.12. The Bertz CT molecular complexity index is 377. The molecular weight excluding hydrogens is 216 g/mol. The first-order chi connectivity index (χ1) is 7.60. The summed E-state index contributed by atoms with van der Waals surface area (Å²) in [6.07, 6.45) is 6.54. The second-order valence-corrected chi connectivity index (χ2v) is 4.78. The van der Waals surface area contributed by atoms with Crippen LogP contribution in [-0.4, -0.2) is 0 Å². The van der Waals surface area contributed by atoms with Crippen molar-refractivity contribution in [2.45, 2.75) is 46.5 Å². The van der Waals surface area contributed by atoms with Gasteiger partial charge in [-0.25, -0.2) is 0 Å². The number of halogens is 1. The van der Waals surface area contributed by atoms with E-state index in [1.165, 1.54) is 16.7 Å². The molecule has 0 fully saturated rings. The molecule has 0 aliphatic carbocycles. The van der Waals surface area contributed by atoms with E-state index in [1.807, 2.05) is 0 Å². The van der Waals surface area contributed by atoms with Gasteiger partial charge in [-0.05, 0) is 62.3 Å². The first kappa shape index (κ1) is 13.3. The van der Waals surface area contributed by atoms with E-state index in [0.29, 0.717) is 5.92 Å². The third-order valence-corrected chi connectivity index (χ3v) is 3.53. The molecule has 0 spiro atoms. The highest BCUT2D eigenvalue weighted by molar-refractivity contribution is 6.31. The maximum atomic E-state index is 6.33. The van der Waals surface area contributed by atoms with Gasteiger partial charge in [0.05, 0.1) is 0 Å². The van der Waals surface area contributed by atoms with Crippen LogP contribution in [0.3, 0.4) is 0 Å². The number of benzene rings is 1. The summed E-state index contributed by atoms with van der Waals surface area (Å²) < 4.78 is 0. The molecule has 1 unspecified atom stereocenters. The van der Waals surface area contributed by atoms with Gasteiger partial charge >= 0.3 is 0 Å². The molecule has 88 valence electrons. The summed E-state index contributed by atoms with van der Waals surface area (Å²) >= 11 is 6.33. The summed E-state index contributed by atoms with van der Waals surface area (Å²) in [6.45, 7) is 8.55. The fourth-order valence-electron chi connectivity index (χ4n) is 1.93. The van der Waals surface area contributed by atoms with Gasteiger partial charge in [0.1, 0.15) is 0 Å². The molecule has 1 aromatic carbocycles. The fraction of sp³-hybridized carbons (Fsp3) is 0.467. The molecule has 0 nitrogen and oxygen atoms in total. The van der Waals surface area contributed by atoms with Crippen molar-refractivity contribution < 1.29 is 0 Å². The predicted molar refractivity (Wildman–Crippen MR) is 73.4 cm³/mol. The van der Waals surface area contributed by atoms with Crippen LogP contribution in [0.25, 0.3) is 0 Å². The standard InChI is InChI=1S/C15H21Cl/c1-5-7-8-13(6-2)14-9-11(3)12(4)10-15(14)16/h5,7,9-10,13H,6,8H2,1-4H3/b7-5-. The Kier molecular flexibility index (Phi) is 5.08. The Hall–Kier alpha value is -0.750. The van der Waals surface area contributed by atoms with Crippen molar-refractivity contribution in [2.75, 3.05) is 0 Å². The number of aryl methyl sites for hydroxylation is 2. The molecule has 1 rings (SSSR count). The summed E-state index contributed by atoms with van der Waals surface area (Å²) in [4.78, 5) is 0. The molecule has 0 radical (unpaired) electrons. The molecule has 0 aliphatic heterocycles. The second kappa shape index (κ2) is 6.10. The highest BCUT2D eigenvalue weighted by Crippen LogP contribution is 2.32. The molecule has 0 saturated heterocycles. The number of rotatable bonds is 4. The lowest BCUT2D eigenvalue weighted by molar-refractivity contribution is 0.673. The normalized spacial score (nSPS) is 13.3. The van der Waals surface area contributed by atoms with Crippen LogP contribution in [0.15, 0.2) is 24.3 Å². The molecule has 0 saturated carbocycles. The van der Waals surface area contributed by atoms with Gasteiger partial charge in [0.15, 0.2) is 0 Å². The van der Waals surface area contributed by atoms with Crippen LogP contribution in [0.5, 0.6) is 0 Å². The molecule has 0 N–H and O–H groups in total. The molecule has 1 heteroatoms. The molecule has 0 aliphatic rings. The van der Waals surface area contributed by atoms with Crippen molar-refractivity contribution in [3.63, 3.8) is 0 Å². The molecule has 1 aromatic rings. The summed E-state index contributed by atoms with van der Waals surface area (Å²) in [5, 5.41) is 0.916. The molecule has 0 amide bonds. The van der Waals surface area contributed by atoms with Crippen molar-refractivity contribution in [1.29, 1.82) is 0 Å². The van der Waals surface area contributed by atoms with E-state index >= 15 is 0 Å². The van der Waals surface area contributed by atoms with E-state index in [-0.39, 0.29) is 0 Å². The van der Waals surface area contributed by atoms with E-state index in [4.69, 9.17) is 11.6 Å². The van der Waals surface area contributed by atoms with Crippen LogP contribution in [-0.2, 0) is 0 Å². The van der Waals surface area contributed by atoms with Crippen LogP contribution < -0.4 is 0 Å². The highest BCUT2D eigenvalue weighted by Gasteiger charge is 2.12. The first-order valence-corrected chi connectivity index (χ1v) is 6.35. The van der Waals surface area contributed by atoms with Gasteiger partial charge in [-0.3, -0.25) is 0 Å². The van der Waals surface area contributed by atoms with Gasteiger partial charge in [0.25, 0.3) is 0 Å². The summed E-state index contributed by atoms with van der Waals surface area (Å²) in [5.74, 6) is 0.544. The Labute approximate surface area is 104 Å². The van der Waals surface area contributed by atoms with E-state index in [0.717, 1.165) is 17.9 Å². The largest absolute Gasteiger partial charge is 0.0916 e. The lowest BCUT2D eigenvalue weighted by Gasteiger charge is -2.17.